The molecular formula is C20H30N4O3. The number of ether oxygens (including phenoxy) is 1. The van der Waals surface area contributed by atoms with Gasteiger partial charge in [0.1, 0.15) is 5.60 Å². The van der Waals surface area contributed by atoms with Gasteiger partial charge in [0.15, 0.2) is 5.82 Å². The number of amides is 1. The molecule has 0 spiro atoms. The normalized spacial score (nSPS) is 12.6. The smallest absolute Gasteiger partial charge is 0.407 e. The van der Waals surface area contributed by atoms with Gasteiger partial charge in [0.05, 0.1) is 6.04 Å². The van der Waals surface area contributed by atoms with Crippen LogP contribution in [0.3, 0.4) is 0 Å². The maximum absolute atomic E-state index is 11.6. The average molecular weight is 374 g/mol. The summed E-state index contributed by atoms with van der Waals surface area (Å²) in [5.41, 5.74) is 6.89. The molecule has 0 saturated carbocycles. The van der Waals surface area contributed by atoms with E-state index in [9.17, 15) is 4.79 Å². The van der Waals surface area contributed by atoms with E-state index in [1.807, 2.05) is 39.0 Å². The number of hydrogen-bond acceptors (Lipinski definition) is 6. The zero-order valence-corrected chi connectivity index (χ0v) is 16.4. The molecule has 1 heterocycles. The van der Waals surface area contributed by atoms with Crippen LogP contribution in [0.5, 0.6) is 0 Å². The SMILES string of the molecule is CC(C)(C)OC(=O)NCCCCC(N)c1nc(CCc2ccccc2)no1. The predicted octanol–water partition coefficient (Wildman–Crippen LogP) is 3.55. The third kappa shape index (κ3) is 8.21. The summed E-state index contributed by atoms with van der Waals surface area (Å²) >= 11 is 0. The molecule has 0 fully saturated rings. The molecular weight excluding hydrogens is 344 g/mol. The number of benzene rings is 1. The van der Waals surface area contributed by atoms with Crippen LogP contribution in [0.15, 0.2) is 34.9 Å². The molecule has 0 aliphatic heterocycles. The molecule has 0 saturated heterocycles. The highest BCUT2D eigenvalue weighted by molar-refractivity contribution is 5.67. The molecule has 0 aliphatic carbocycles. The second kappa shape index (κ2) is 10.1. The zero-order chi connectivity index (χ0) is 19.7. The summed E-state index contributed by atoms with van der Waals surface area (Å²) in [6, 6.07) is 9.91. The Morgan fingerprint density at radius 2 is 1.96 bits per heavy atom. The van der Waals surface area contributed by atoms with Gasteiger partial charge in [-0.25, -0.2) is 4.79 Å². The average Bonchev–Trinajstić information content (AvgIpc) is 3.08. The van der Waals surface area contributed by atoms with Gasteiger partial charge in [-0.2, -0.15) is 4.98 Å². The van der Waals surface area contributed by atoms with E-state index >= 15 is 0 Å². The van der Waals surface area contributed by atoms with Gasteiger partial charge in [-0.1, -0.05) is 35.5 Å². The largest absolute Gasteiger partial charge is 0.444 e. The van der Waals surface area contributed by atoms with Crippen molar-refractivity contribution in [2.24, 2.45) is 5.73 Å². The molecule has 1 aromatic heterocycles. The third-order valence-corrected chi connectivity index (χ3v) is 3.89. The van der Waals surface area contributed by atoms with Crippen molar-refractivity contribution in [1.29, 1.82) is 0 Å². The first-order valence-electron chi connectivity index (χ1n) is 9.42. The van der Waals surface area contributed by atoms with Crippen LogP contribution in [0.4, 0.5) is 4.79 Å². The first kappa shape index (κ1) is 20.9. The molecule has 3 N–H and O–H groups in total. The number of rotatable bonds is 9. The van der Waals surface area contributed by atoms with Gasteiger partial charge in [0, 0.05) is 13.0 Å². The van der Waals surface area contributed by atoms with Crippen LogP contribution < -0.4 is 11.1 Å². The molecule has 1 aromatic carbocycles. The lowest BCUT2D eigenvalue weighted by Crippen LogP contribution is -2.33. The number of nitrogens with one attached hydrogen (secondary N) is 1. The monoisotopic (exact) mass is 374 g/mol. The second-order valence-corrected chi connectivity index (χ2v) is 7.57. The number of aromatic nitrogens is 2. The Morgan fingerprint density at radius 3 is 2.67 bits per heavy atom. The van der Waals surface area contributed by atoms with Crippen LogP contribution in [0.1, 0.15) is 63.4 Å². The highest BCUT2D eigenvalue weighted by atomic mass is 16.6. The number of alkyl carbamates (subject to hydrolysis) is 1. The maximum Gasteiger partial charge on any atom is 0.407 e. The van der Waals surface area contributed by atoms with Crippen LogP contribution in [0.25, 0.3) is 0 Å². The summed E-state index contributed by atoms with van der Waals surface area (Å²) in [5.74, 6) is 1.15. The van der Waals surface area contributed by atoms with Crippen molar-refractivity contribution in [3.8, 4) is 0 Å². The highest BCUT2D eigenvalue weighted by Crippen LogP contribution is 2.15. The van der Waals surface area contributed by atoms with Crippen molar-refractivity contribution in [2.45, 2.75) is 64.5 Å². The van der Waals surface area contributed by atoms with Gasteiger partial charge in [0.2, 0.25) is 5.89 Å². The first-order chi connectivity index (χ1) is 12.8. The lowest BCUT2D eigenvalue weighted by Gasteiger charge is -2.19. The molecule has 0 radical (unpaired) electrons. The zero-order valence-electron chi connectivity index (χ0n) is 16.4. The van der Waals surface area contributed by atoms with Crippen molar-refractivity contribution < 1.29 is 14.1 Å². The maximum atomic E-state index is 11.6. The summed E-state index contributed by atoms with van der Waals surface area (Å²) in [7, 11) is 0. The Balaban J connectivity index is 1.64. The number of carbonyl (C=O) groups excluding carboxylic acids is 1. The van der Waals surface area contributed by atoms with E-state index in [1.165, 1.54) is 5.56 Å². The topological polar surface area (TPSA) is 103 Å². The quantitative estimate of drug-likeness (QED) is 0.651. The van der Waals surface area contributed by atoms with E-state index in [0.29, 0.717) is 18.3 Å². The summed E-state index contributed by atoms with van der Waals surface area (Å²) < 4.78 is 10.5. The molecule has 0 aliphatic rings. The Morgan fingerprint density at radius 1 is 1.22 bits per heavy atom. The molecule has 148 valence electrons. The number of nitrogens with two attached hydrogens (primary N) is 1. The Bertz CT molecular complexity index is 695. The molecule has 2 rings (SSSR count). The van der Waals surface area contributed by atoms with Gasteiger partial charge in [0.25, 0.3) is 0 Å². The van der Waals surface area contributed by atoms with Crippen LogP contribution in [0.2, 0.25) is 0 Å². The van der Waals surface area contributed by atoms with E-state index < -0.39 is 11.7 Å². The summed E-state index contributed by atoms with van der Waals surface area (Å²) in [6.45, 7) is 6.06. The third-order valence-electron chi connectivity index (χ3n) is 3.89. The number of carbonyl (C=O) groups is 1. The number of unbranched alkanes of at least 4 members (excludes halogenated alkanes) is 1. The Labute approximate surface area is 160 Å². The van der Waals surface area contributed by atoms with Crippen molar-refractivity contribution in [2.75, 3.05) is 6.54 Å². The fourth-order valence-electron chi connectivity index (χ4n) is 2.54. The van der Waals surface area contributed by atoms with Crippen molar-refractivity contribution in [1.82, 2.24) is 15.5 Å². The Kier molecular flexibility index (Phi) is 7.79. The number of aryl methyl sites for hydroxylation is 2. The van der Waals surface area contributed by atoms with E-state index in [1.54, 1.807) is 0 Å². The van der Waals surface area contributed by atoms with E-state index in [-0.39, 0.29) is 6.04 Å². The first-order valence-corrected chi connectivity index (χ1v) is 9.42. The van der Waals surface area contributed by atoms with Gasteiger partial charge < -0.3 is 20.3 Å². The van der Waals surface area contributed by atoms with Gasteiger partial charge >= 0.3 is 6.09 Å². The minimum atomic E-state index is -0.484. The van der Waals surface area contributed by atoms with E-state index in [4.69, 9.17) is 15.0 Å². The lowest BCUT2D eigenvalue weighted by molar-refractivity contribution is 0.0527. The molecule has 0 bridgehead atoms. The minimum Gasteiger partial charge on any atom is -0.444 e. The van der Waals surface area contributed by atoms with Gasteiger partial charge in [-0.05, 0) is 52.0 Å². The van der Waals surface area contributed by atoms with Crippen LogP contribution in [-0.2, 0) is 17.6 Å². The standard InChI is InChI=1S/C20H30N4O3/c1-20(2,3)26-19(25)22-14-8-7-11-16(21)18-23-17(24-27-18)13-12-15-9-5-4-6-10-15/h4-6,9-10,16H,7-8,11-14,21H2,1-3H3,(H,22,25). The van der Waals surface area contributed by atoms with Crippen LogP contribution in [0, 0.1) is 0 Å². The molecule has 1 amide bonds. The molecule has 27 heavy (non-hydrogen) atoms. The molecule has 1 atom stereocenters. The summed E-state index contributed by atoms with van der Waals surface area (Å²) in [6.07, 6.45) is 3.56. The predicted molar refractivity (Wildman–Crippen MR) is 103 cm³/mol. The molecule has 2 aromatic rings. The fourth-order valence-corrected chi connectivity index (χ4v) is 2.54. The van der Waals surface area contributed by atoms with Gasteiger partial charge in [-0.15, -0.1) is 0 Å². The van der Waals surface area contributed by atoms with Crippen molar-refractivity contribution in [3.63, 3.8) is 0 Å². The molecule has 7 nitrogen and oxygen atoms in total. The summed E-state index contributed by atoms with van der Waals surface area (Å²) in [4.78, 5) is 16.0. The van der Waals surface area contributed by atoms with E-state index in [2.05, 4.69) is 27.6 Å². The Hall–Kier alpha value is -2.41. The fraction of sp³-hybridized carbons (Fsp3) is 0.550. The number of nitrogens with zero attached hydrogens (tertiary/aromatic N) is 2. The minimum absolute atomic E-state index is 0.287. The second-order valence-electron chi connectivity index (χ2n) is 7.57. The van der Waals surface area contributed by atoms with Gasteiger partial charge in [-0.3, -0.25) is 0 Å². The molecule has 7 heteroatoms. The van der Waals surface area contributed by atoms with Crippen LogP contribution >= 0.6 is 0 Å². The van der Waals surface area contributed by atoms with Crippen LogP contribution in [-0.4, -0.2) is 28.4 Å². The van der Waals surface area contributed by atoms with E-state index in [0.717, 1.165) is 32.1 Å². The molecule has 1 unspecified atom stereocenters. The van der Waals surface area contributed by atoms with Crippen molar-refractivity contribution >= 4 is 6.09 Å². The summed E-state index contributed by atoms with van der Waals surface area (Å²) in [5, 5.41) is 6.75. The highest BCUT2D eigenvalue weighted by Gasteiger charge is 2.16. The van der Waals surface area contributed by atoms with Crippen molar-refractivity contribution in [3.05, 3.63) is 47.6 Å². The lowest BCUT2D eigenvalue weighted by atomic mass is 10.1. The number of hydrogen-bond donors (Lipinski definition) is 2.